The number of halogens is 4. The number of carboxylic acid groups (broad SMARTS) is 2. The van der Waals surface area contributed by atoms with E-state index in [1.807, 2.05) is 48.5 Å². The van der Waals surface area contributed by atoms with Crippen LogP contribution in [0, 0.1) is 13.8 Å². The van der Waals surface area contributed by atoms with Crippen molar-refractivity contribution in [2.24, 2.45) is 5.73 Å². The first kappa shape index (κ1) is 72.5. The lowest BCUT2D eigenvalue weighted by Crippen LogP contribution is -2.37. The van der Waals surface area contributed by atoms with Crippen molar-refractivity contribution in [2.75, 3.05) is 65.7 Å². The summed E-state index contributed by atoms with van der Waals surface area (Å²) in [6.45, 7) is 12.9. The van der Waals surface area contributed by atoms with E-state index in [0.717, 1.165) is 101 Å². The summed E-state index contributed by atoms with van der Waals surface area (Å²) in [6, 6.07) is 34.5. The average Bonchev–Trinajstić information content (AvgIpc) is 2.12. The minimum Gasteiger partial charge on any atom is -0.478 e. The van der Waals surface area contributed by atoms with Gasteiger partial charge in [0, 0.05) is 93.8 Å². The number of aliphatic carboxylic acids is 1. The molecule has 2 fully saturated rings. The molecule has 2 aliphatic rings. The fraction of sp³-hybridized carbons (Fsp3) is 0.317. The van der Waals surface area contributed by atoms with Crippen LogP contribution in [0.25, 0.3) is 22.9 Å². The van der Waals surface area contributed by atoms with E-state index in [0.29, 0.717) is 58.6 Å². The van der Waals surface area contributed by atoms with E-state index in [1.165, 1.54) is 12.1 Å². The zero-order valence-electron chi connectivity index (χ0n) is 48.7. The number of morpholine rings is 2. The number of carbonyl (C=O) groups is 3. The zero-order valence-corrected chi connectivity index (χ0v) is 51.1. The highest BCUT2D eigenvalue weighted by atomic mass is 35.5. The highest BCUT2D eigenvalue weighted by Gasteiger charge is 2.38. The molecule has 21 nitrogen and oxygen atoms in total. The Labute approximate surface area is 526 Å². The molecule has 90 heavy (non-hydrogen) atoms. The number of carboxylic acids is 2. The number of pyridine rings is 2. The van der Waals surface area contributed by atoms with Crippen LogP contribution >= 0.6 is 12.4 Å². The second-order valence-corrected chi connectivity index (χ2v) is 24.1. The second-order valence-electron chi connectivity index (χ2n) is 20.1. The van der Waals surface area contributed by atoms with Crippen LogP contribution in [-0.4, -0.2) is 147 Å². The largest absolute Gasteiger partial charge is 0.490 e. The molecule has 4 aromatic heterocycles. The van der Waals surface area contributed by atoms with Crippen LogP contribution in [0.4, 0.5) is 13.2 Å². The number of aromatic nitrogens is 4. The van der Waals surface area contributed by atoms with Gasteiger partial charge in [0.1, 0.15) is 23.0 Å². The van der Waals surface area contributed by atoms with Crippen LogP contribution in [-0.2, 0) is 71.4 Å². The molecule has 0 bridgehead atoms. The first-order valence-electron chi connectivity index (χ1n) is 27.7. The molecule has 6 heterocycles. The molecule has 2 aliphatic heterocycles. The molecule has 10 rings (SSSR count). The molecule has 4 aromatic carbocycles. The molecule has 0 radical (unpaired) electrons. The number of rotatable bonds is 19. The summed E-state index contributed by atoms with van der Waals surface area (Å²) in [6.07, 6.45) is 3.51. The number of sulfone groups is 2. The minimum atomic E-state index is -5.08. The maximum atomic E-state index is 13.1. The molecule has 0 atom stereocenters. The topological polar surface area (TPSA) is 301 Å². The van der Waals surface area contributed by atoms with E-state index in [2.05, 4.69) is 35.1 Å². The third-order valence-electron chi connectivity index (χ3n) is 13.8. The molecule has 482 valence electrons. The Morgan fingerprint density at radius 1 is 0.589 bits per heavy atom. The van der Waals surface area contributed by atoms with Gasteiger partial charge in [-0.3, -0.25) is 24.6 Å². The van der Waals surface area contributed by atoms with Gasteiger partial charge in [-0.25, -0.2) is 36.4 Å². The minimum absolute atomic E-state index is 0. The van der Waals surface area contributed by atoms with Gasteiger partial charge in [-0.1, -0.05) is 43.8 Å². The Morgan fingerprint density at radius 3 is 1.32 bits per heavy atom. The van der Waals surface area contributed by atoms with Gasteiger partial charge in [-0.15, -0.1) is 12.4 Å². The van der Waals surface area contributed by atoms with E-state index in [9.17, 15) is 39.6 Å². The van der Waals surface area contributed by atoms with Crippen LogP contribution in [0.1, 0.15) is 73.3 Å². The molecule has 0 saturated carbocycles. The van der Waals surface area contributed by atoms with Crippen LogP contribution in [0.15, 0.2) is 165 Å². The molecule has 0 spiro atoms. The molecular weight excluding hydrogens is 1230 g/mol. The fourth-order valence-electron chi connectivity index (χ4n) is 8.67. The van der Waals surface area contributed by atoms with E-state index >= 15 is 0 Å². The fourth-order valence-corrected chi connectivity index (χ4v) is 11.4. The summed E-state index contributed by atoms with van der Waals surface area (Å²) in [5.41, 5.74) is 12.1. The number of ether oxygens (including phenoxy) is 2. The van der Waals surface area contributed by atoms with Crippen molar-refractivity contribution < 1.29 is 72.9 Å². The summed E-state index contributed by atoms with van der Waals surface area (Å²) < 4.78 is 106. The number of alkyl halides is 3. The third kappa shape index (κ3) is 22.4. The summed E-state index contributed by atoms with van der Waals surface area (Å²) >= 11 is 0. The van der Waals surface area contributed by atoms with Crippen molar-refractivity contribution in [3.05, 3.63) is 202 Å². The van der Waals surface area contributed by atoms with Crippen molar-refractivity contribution in [1.29, 1.82) is 0 Å². The van der Waals surface area contributed by atoms with Gasteiger partial charge < -0.3 is 39.6 Å². The average molecular weight is 1310 g/mol. The predicted molar refractivity (Wildman–Crippen MR) is 332 cm³/mol. The second kappa shape index (κ2) is 34.7. The number of hydrogen-bond acceptors (Lipinski definition) is 18. The van der Waals surface area contributed by atoms with Gasteiger partial charge in [-0.2, -0.15) is 13.2 Å². The molecular formula is C63H72ClF3N8O13S2. The van der Waals surface area contributed by atoms with Crippen molar-refractivity contribution in [1.82, 2.24) is 35.1 Å². The smallest absolute Gasteiger partial charge is 0.478 e. The Bertz CT molecular complexity index is 3760. The SMILES string of the molecule is C.Cc1oc(-c2ccc(C(=O)NCc3cccnc3)cc2)nc1CS(=O)(=O)c1ccc(CCN2CCOCC2)cc1.Cc1oc(-c2ccc(C(=O)O)cc2)nc1CS(=O)(=O)c1ccc(CCN2CCOCC2)cc1.Cl.NCc1cccnc1.O=C(O)C(F)(F)F. The van der Waals surface area contributed by atoms with E-state index in [1.54, 1.807) is 99.3 Å². The monoisotopic (exact) mass is 1300 g/mol. The van der Waals surface area contributed by atoms with Gasteiger partial charge in [0.2, 0.25) is 11.8 Å². The first-order valence-corrected chi connectivity index (χ1v) is 31.0. The zero-order chi connectivity index (χ0) is 63.3. The molecule has 0 unspecified atom stereocenters. The standard InChI is InChI=1S/C30H32N4O5S.C24H26N2O6S.C6H8N2.C2HF3O2.CH4.ClH/c1-22-28(21-40(36,37)27-10-4-23(5-11-27)12-14-34-15-17-38-18-16-34)33-30(39-22)26-8-6-25(7-9-26)29(35)32-20-24-3-2-13-31-19-24;1-17-22(25-23(32-17)19-4-6-20(7-5-19)24(27)28)16-33(29,30)21-8-2-18(3-9-21)10-11-26-12-14-31-15-13-26;7-4-6-2-1-3-8-5-6;3-2(4,5)1(6)7;;/h2-11,13,19H,12,14-18,20-21H2,1H3,(H,32,35);2-9H,10-16H2,1H3,(H,27,28);1-3,5H,4,7H2;(H,6,7);1H4;1H. The van der Waals surface area contributed by atoms with Gasteiger partial charge in [-0.05, 0) is 134 Å². The molecule has 1 amide bonds. The number of amides is 1. The highest BCUT2D eigenvalue weighted by Crippen LogP contribution is 2.28. The molecule has 5 N–H and O–H groups in total. The lowest BCUT2D eigenvalue weighted by atomic mass is 10.1. The van der Waals surface area contributed by atoms with Crippen molar-refractivity contribution in [2.45, 2.75) is 74.7 Å². The number of benzene rings is 4. The summed E-state index contributed by atoms with van der Waals surface area (Å²) in [5.74, 6) is -3.10. The number of nitrogens with one attached hydrogen (secondary N) is 1. The van der Waals surface area contributed by atoms with E-state index in [4.69, 9.17) is 39.0 Å². The number of oxazole rings is 2. The molecule has 2 saturated heterocycles. The van der Waals surface area contributed by atoms with Crippen LogP contribution in [0.2, 0.25) is 0 Å². The molecule has 8 aromatic rings. The Balaban J connectivity index is 0.000000263. The number of nitrogens with zero attached hydrogens (tertiary/aromatic N) is 6. The summed E-state index contributed by atoms with van der Waals surface area (Å²) in [5, 5.41) is 19.0. The van der Waals surface area contributed by atoms with Crippen LogP contribution in [0.5, 0.6) is 0 Å². The Morgan fingerprint density at radius 2 is 0.978 bits per heavy atom. The van der Waals surface area contributed by atoms with Crippen molar-refractivity contribution in [3.63, 3.8) is 0 Å². The van der Waals surface area contributed by atoms with Gasteiger partial charge in [0.15, 0.2) is 19.7 Å². The normalized spacial score (nSPS) is 13.5. The number of hydrogen-bond donors (Lipinski definition) is 4. The number of aryl methyl sites for hydroxylation is 2. The van der Waals surface area contributed by atoms with Gasteiger partial charge in [0.05, 0.1) is 53.2 Å². The maximum Gasteiger partial charge on any atom is 0.490 e. The molecule has 27 heteroatoms. The number of carbonyl (C=O) groups excluding carboxylic acids is 1. The summed E-state index contributed by atoms with van der Waals surface area (Å²) in [4.78, 5) is 54.4. The number of nitrogens with two attached hydrogens (primary N) is 1. The lowest BCUT2D eigenvalue weighted by Gasteiger charge is -2.26. The quantitative estimate of drug-likeness (QED) is 0.0586. The third-order valence-corrected chi connectivity index (χ3v) is 17.1. The predicted octanol–water partition coefficient (Wildman–Crippen LogP) is 9.25. The van der Waals surface area contributed by atoms with Crippen LogP contribution in [0.3, 0.4) is 0 Å². The van der Waals surface area contributed by atoms with Gasteiger partial charge in [0.25, 0.3) is 5.91 Å². The van der Waals surface area contributed by atoms with Gasteiger partial charge >= 0.3 is 18.1 Å². The Hall–Kier alpha value is -8.21. The number of aromatic carboxylic acids is 1. The van der Waals surface area contributed by atoms with Crippen molar-refractivity contribution in [3.8, 4) is 22.9 Å². The maximum absolute atomic E-state index is 13.1. The van der Waals surface area contributed by atoms with Crippen LogP contribution < -0.4 is 11.1 Å². The van der Waals surface area contributed by atoms with Crippen molar-refractivity contribution >= 4 is 49.9 Å². The van der Waals surface area contributed by atoms with E-state index < -0.39 is 37.8 Å². The summed E-state index contributed by atoms with van der Waals surface area (Å²) in [7, 11) is -7.21. The lowest BCUT2D eigenvalue weighted by molar-refractivity contribution is -0.192. The first-order chi connectivity index (χ1) is 42.1. The Kier molecular flexibility index (Phi) is 27.9. The molecule has 0 aliphatic carbocycles. The highest BCUT2D eigenvalue weighted by molar-refractivity contribution is 7.91. The van der Waals surface area contributed by atoms with E-state index in [-0.39, 0.29) is 58.5 Å².